The molecule has 3 aromatic rings. The zero-order valence-corrected chi connectivity index (χ0v) is 9.87. The van der Waals surface area contributed by atoms with Gasteiger partial charge in [-0.25, -0.2) is 9.97 Å². The lowest BCUT2D eigenvalue weighted by atomic mass is 10.1. The minimum atomic E-state index is -0.447. The number of aromatic amines is 2. The number of rotatable bonds is 0. The molecular formula is C12H10N4O2. The second-order valence-electron chi connectivity index (χ2n) is 4.20. The van der Waals surface area contributed by atoms with Crippen LogP contribution in [0.25, 0.3) is 22.1 Å². The van der Waals surface area contributed by atoms with Gasteiger partial charge in [0.05, 0.1) is 11.0 Å². The van der Waals surface area contributed by atoms with E-state index in [1.807, 2.05) is 19.9 Å². The second-order valence-corrected chi connectivity index (χ2v) is 4.20. The zero-order chi connectivity index (χ0) is 12.9. The van der Waals surface area contributed by atoms with Crippen molar-refractivity contribution in [2.24, 2.45) is 0 Å². The average Bonchev–Trinajstić information content (AvgIpc) is 2.37. The van der Waals surface area contributed by atoms with Gasteiger partial charge in [-0.3, -0.25) is 19.8 Å². The van der Waals surface area contributed by atoms with Gasteiger partial charge in [-0.2, -0.15) is 0 Å². The van der Waals surface area contributed by atoms with Crippen LogP contribution in [0.15, 0.2) is 21.7 Å². The molecular weight excluding hydrogens is 232 g/mol. The topological polar surface area (TPSA) is 91.5 Å². The third-order valence-electron chi connectivity index (χ3n) is 3.08. The highest BCUT2D eigenvalue weighted by Gasteiger charge is 2.10. The highest BCUT2D eigenvalue weighted by molar-refractivity contribution is 5.87. The molecule has 0 radical (unpaired) electrons. The minimum Gasteiger partial charge on any atom is -0.266 e. The molecule has 0 atom stereocenters. The number of hydrogen-bond acceptors (Lipinski definition) is 4. The van der Waals surface area contributed by atoms with Crippen LogP contribution in [0.5, 0.6) is 0 Å². The van der Waals surface area contributed by atoms with Crippen molar-refractivity contribution < 1.29 is 0 Å². The lowest BCUT2D eigenvalue weighted by molar-refractivity contribution is 0.964. The third kappa shape index (κ3) is 1.35. The van der Waals surface area contributed by atoms with E-state index in [-0.39, 0.29) is 11.0 Å². The number of aromatic nitrogens is 4. The van der Waals surface area contributed by atoms with Gasteiger partial charge >= 0.3 is 0 Å². The Morgan fingerprint density at radius 3 is 2.17 bits per heavy atom. The van der Waals surface area contributed by atoms with Crippen LogP contribution in [0.3, 0.4) is 0 Å². The fraction of sp³-hybridized carbons (Fsp3) is 0.167. The van der Waals surface area contributed by atoms with E-state index in [2.05, 4.69) is 20.2 Å². The smallest absolute Gasteiger partial charge is 0.266 e. The molecule has 6 heteroatoms. The number of nitrogens with one attached hydrogen (secondary N) is 2. The molecule has 0 saturated carbocycles. The van der Waals surface area contributed by atoms with Crippen LogP contribution in [0.2, 0.25) is 0 Å². The highest BCUT2D eigenvalue weighted by Crippen LogP contribution is 2.18. The van der Waals surface area contributed by atoms with Crippen LogP contribution in [0.1, 0.15) is 11.1 Å². The molecule has 0 unspecified atom stereocenters. The fourth-order valence-corrected chi connectivity index (χ4v) is 1.90. The molecule has 0 fully saturated rings. The van der Waals surface area contributed by atoms with Gasteiger partial charge in [0.2, 0.25) is 0 Å². The van der Waals surface area contributed by atoms with Crippen LogP contribution in [0.4, 0.5) is 0 Å². The molecule has 0 saturated heterocycles. The zero-order valence-electron chi connectivity index (χ0n) is 9.87. The molecule has 0 aliphatic carbocycles. The van der Waals surface area contributed by atoms with Crippen LogP contribution in [-0.2, 0) is 0 Å². The van der Waals surface area contributed by atoms with E-state index < -0.39 is 11.1 Å². The Labute approximate surface area is 101 Å². The van der Waals surface area contributed by atoms with Crippen molar-refractivity contribution in [2.75, 3.05) is 0 Å². The van der Waals surface area contributed by atoms with E-state index in [1.54, 1.807) is 6.07 Å². The molecule has 0 bridgehead atoms. The summed E-state index contributed by atoms with van der Waals surface area (Å²) in [6, 6.07) is 3.71. The molecule has 2 heterocycles. The first-order valence-electron chi connectivity index (χ1n) is 5.46. The summed E-state index contributed by atoms with van der Waals surface area (Å²) in [7, 11) is 0. The van der Waals surface area contributed by atoms with E-state index in [0.29, 0.717) is 11.0 Å². The molecule has 6 nitrogen and oxygen atoms in total. The number of fused-ring (bicyclic) bond motifs is 2. The van der Waals surface area contributed by atoms with Gasteiger partial charge in [0.1, 0.15) is 0 Å². The summed E-state index contributed by atoms with van der Waals surface area (Å²) in [5, 5.41) is 4.48. The first kappa shape index (κ1) is 10.6. The molecule has 0 aliphatic rings. The summed E-state index contributed by atoms with van der Waals surface area (Å²) in [6.07, 6.45) is 0. The van der Waals surface area contributed by atoms with Gasteiger partial charge in [0.15, 0.2) is 11.0 Å². The van der Waals surface area contributed by atoms with Crippen LogP contribution in [-0.4, -0.2) is 20.2 Å². The van der Waals surface area contributed by atoms with E-state index >= 15 is 0 Å². The molecule has 2 aromatic heterocycles. The van der Waals surface area contributed by atoms with Crippen molar-refractivity contribution in [1.82, 2.24) is 20.2 Å². The predicted molar refractivity (Wildman–Crippen MR) is 67.8 cm³/mol. The van der Waals surface area contributed by atoms with E-state index in [9.17, 15) is 9.59 Å². The SMILES string of the molecule is Cc1ccc2nc3c(=O)[nH][nH]c(=O)c3nc2c1C. The standard InChI is InChI=1S/C12H10N4O2/c1-5-3-4-7-8(6(5)2)14-10-9(13-7)11(17)15-16-12(10)18/h3-4H,1-2H3,(H,15,17)(H,16,18). The third-order valence-corrected chi connectivity index (χ3v) is 3.08. The summed E-state index contributed by atoms with van der Waals surface area (Å²) < 4.78 is 0. The second kappa shape index (κ2) is 3.49. The largest absolute Gasteiger partial charge is 0.290 e. The fourth-order valence-electron chi connectivity index (χ4n) is 1.90. The Hall–Kier alpha value is -2.50. The molecule has 3 rings (SSSR count). The number of H-pyrrole nitrogens is 2. The Morgan fingerprint density at radius 1 is 0.889 bits per heavy atom. The van der Waals surface area contributed by atoms with Gasteiger partial charge in [-0.15, -0.1) is 0 Å². The summed E-state index contributed by atoms with van der Waals surface area (Å²) in [5.74, 6) is 0. The maximum atomic E-state index is 11.6. The highest BCUT2D eigenvalue weighted by atomic mass is 16.1. The van der Waals surface area contributed by atoms with Crippen molar-refractivity contribution in [3.63, 3.8) is 0 Å². The number of aryl methyl sites for hydroxylation is 2. The van der Waals surface area contributed by atoms with Crippen LogP contribution >= 0.6 is 0 Å². The summed E-state index contributed by atoms with van der Waals surface area (Å²) >= 11 is 0. The van der Waals surface area contributed by atoms with E-state index in [4.69, 9.17) is 0 Å². The number of nitrogens with zero attached hydrogens (tertiary/aromatic N) is 2. The molecule has 0 amide bonds. The Morgan fingerprint density at radius 2 is 1.50 bits per heavy atom. The molecule has 0 spiro atoms. The van der Waals surface area contributed by atoms with Crippen molar-refractivity contribution in [1.29, 1.82) is 0 Å². The molecule has 1 aromatic carbocycles. The van der Waals surface area contributed by atoms with Crippen LogP contribution in [0, 0.1) is 13.8 Å². The first-order valence-corrected chi connectivity index (χ1v) is 5.46. The minimum absolute atomic E-state index is 0.0644. The summed E-state index contributed by atoms with van der Waals surface area (Å²) in [4.78, 5) is 31.7. The van der Waals surface area contributed by atoms with E-state index in [0.717, 1.165) is 11.1 Å². The lowest BCUT2D eigenvalue weighted by Gasteiger charge is -2.04. The lowest BCUT2D eigenvalue weighted by Crippen LogP contribution is -2.21. The maximum Gasteiger partial charge on any atom is 0.290 e. The number of benzene rings is 1. The van der Waals surface area contributed by atoms with Gasteiger partial charge in [-0.05, 0) is 31.0 Å². The Bertz CT molecular complexity index is 892. The molecule has 0 aliphatic heterocycles. The predicted octanol–water partition coefficient (Wildman–Crippen LogP) is 0.776. The first-order chi connectivity index (χ1) is 8.58. The van der Waals surface area contributed by atoms with E-state index in [1.165, 1.54) is 0 Å². The summed E-state index contributed by atoms with van der Waals surface area (Å²) in [5.41, 5.74) is 2.53. The quantitative estimate of drug-likeness (QED) is 0.570. The average molecular weight is 242 g/mol. The van der Waals surface area contributed by atoms with Crippen molar-refractivity contribution in [3.05, 3.63) is 44.0 Å². The monoisotopic (exact) mass is 242 g/mol. The van der Waals surface area contributed by atoms with Crippen molar-refractivity contribution in [3.8, 4) is 0 Å². The van der Waals surface area contributed by atoms with Crippen molar-refractivity contribution >= 4 is 22.1 Å². The molecule has 2 N–H and O–H groups in total. The number of hydrogen-bond donors (Lipinski definition) is 2. The van der Waals surface area contributed by atoms with Crippen LogP contribution < -0.4 is 11.1 Å². The van der Waals surface area contributed by atoms with Crippen molar-refractivity contribution in [2.45, 2.75) is 13.8 Å². The molecule has 90 valence electrons. The Kier molecular flexibility index (Phi) is 2.07. The normalized spacial score (nSPS) is 11.2. The van der Waals surface area contributed by atoms with Gasteiger partial charge in [0, 0.05) is 0 Å². The Balaban J connectivity index is 2.64. The van der Waals surface area contributed by atoms with Gasteiger partial charge in [-0.1, -0.05) is 6.07 Å². The molecule has 18 heavy (non-hydrogen) atoms. The summed E-state index contributed by atoms with van der Waals surface area (Å²) in [6.45, 7) is 3.88. The van der Waals surface area contributed by atoms with Gasteiger partial charge < -0.3 is 0 Å². The van der Waals surface area contributed by atoms with Gasteiger partial charge in [0.25, 0.3) is 11.1 Å². The maximum absolute atomic E-state index is 11.6.